The highest BCUT2D eigenvalue weighted by Gasteiger charge is 2.34. The Bertz CT molecular complexity index is 1360. The van der Waals surface area contributed by atoms with E-state index in [1.54, 1.807) is 0 Å². The van der Waals surface area contributed by atoms with Gasteiger partial charge in [-0.05, 0) is 48.9 Å². The molecule has 0 atom stereocenters. The number of aromatic nitrogens is 3. The van der Waals surface area contributed by atoms with Crippen molar-refractivity contribution in [3.63, 3.8) is 0 Å². The summed E-state index contributed by atoms with van der Waals surface area (Å²) in [5.74, 6) is -2.05. The van der Waals surface area contributed by atoms with E-state index in [9.17, 15) is 27.2 Å². The molecule has 0 bridgehead atoms. The molecule has 0 spiro atoms. The van der Waals surface area contributed by atoms with Gasteiger partial charge >= 0.3 is 6.18 Å². The van der Waals surface area contributed by atoms with Gasteiger partial charge in [-0.1, -0.05) is 0 Å². The lowest BCUT2D eigenvalue weighted by molar-refractivity contribution is -0.141. The molecule has 0 fully saturated rings. The molecule has 0 unspecified atom stereocenters. The van der Waals surface area contributed by atoms with E-state index in [4.69, 9.17) is 5.73 Å². The predicted octanol–water partition coefficient (Wildman–Crippen LogP) is 4.50. The average Bonchev–Trinajstić information content (AvgIpc) is 3.33. The van der Waals surface area contributed by atoms with E-state index in [-0.39, 0.29) is 32.0 Å². The van der Waals surface area contributed by atoms with Gasteiger partial charge in [-0.3, -0.25) is 14.7 Å². The van der Waals surface area contributed by atoms with E-state index in [1.807, 2.05) is 0 Å². The van der Waals surface area contributed by atoms with Gasteiger partial charge in [0.05, 0.1) is 11.4 Å². The monoisotopic (exact) mass is 463 g/mol. The number of halogens is 4. The Labute approximate surface area is 181 Å². The average molecular weight is 463 g/mol. The molecule has 2 amide bonds. The van der Waals surface area contributed by atoms with Gasteiger partial charge in [0.25, 0.3) is 11.8 Å². The number of aromatic amines is 1. The van der Waals surface area contributed by atoms with Gasteiger partial charge in [0, 0.05) is 10.9 Å². The second-order valence-electron chi connectivity index (χ2n) is 6.80. The Kier molecular flexibility index (Phi) is 5.17. The minimum atomic E-state index is -4.67. The Morgan fingerprint density at radius 1 is 1.16 bits per heavy atom. The normalized spacial score (nSPS) is 11.7. The fourth-order valence-corrected chi connectivity index (χ4v) is 4.17. The summed E-state index contributed by atoms with van der Waals surface area (Å²) in [6.07, 6.45) is -4.67. The molecule has 0 saturated heterocycles. The molecule has 3 heterocycles. The Balaban J connectivity index is 1.72. The predicted molar refractivity (Wildman–Crippen MR) is 110 cm³/mol. The maximum absolute atomic E-state index is 13.1. The quantitative estimate of drug-likeness (QED) is 0.387. The lowest BCUT2D eigenvalue weighted by atomic mass is 10.1. The number of rotatable bonds is 4. The summed E-state index contributed by atoms with van der Waals surface area (Å²) in [5, 5.41) is 9.25. The first-order valence-corrected chi connectivity index (χ1v) is 9.80. The highest BCUT2D eigenvalue weighted by molar-refractivity contribution is 7.21. The molecule has 0 aliphatic heterocycles. The van der Waals surface area contributed by atoms with Gasteiger partial charge in [-0.15, -0.1) is 11.3 Å². The number of carbonyl (C=O) groups excluding carboxylic acids is 2. The first-order valence-electron chi connectivity index (χ1n) is 8.98. The van der Waals surface area contributed by atoms with Gasteiger partial charge in [0.15, 0.2) is 0 Å². The summed E-state index contributed by atoms with van der Waals surface area (Å²) in [5.41, 5.74) is 5.33. The number of thiophene rings is 1. The first kappa shape index (κ1) is 21.4. The third-order valence-corrected chi connectivity index (χ3v) is 5.67. The molecule has 0 aliphatic carbocycles. The zero-order valence-corrected chi connectivity index (χ0v) is 17.0. The molecule has 4 aromatic rings. The number of anilines is 1. The van der Waals surface area contributed by atoms with E-state index in [0.717, 1.165) is 6.07 Å². The minimum Gasteiger partial charge on any atom is -0.365 e. The molecular weight excluding hydrogens is 450 g/mol. The first-order chi connectivity index (χ1) is 15.0. The van der Waals surface area contributed by atoms with Gasteiger partial charge in [0.1, 0.15) is 26.9 Å². The SMILES string of the molecule is Cc1cc(C(F)(F)F)nc2sc(C(N)=O)c(NC(=O)c3cc(-c4ccc(F)cc4)n[nH]3)c12. The third-order valence-electron chi connectivity index (χ3n) is 4.57. The number of nitrogens with zero attached hydrogens (tertiary/aromatic N) is 2. The third kappa shape index (κ3) is 3.91. The molecule has 32 heavy (non-hydrogen) atoms. The number of carbonyl (C=O) groups is 2. The summed E-state index contributed by atoms with van der Waals surface area (Å²) < 4.78 is 52.4. The van der Waals surface area contributed by atoms with Crippen molar-refractivity contribution >= 4 is 39.1 Å². The lowest BCUT2D eigenvalue weighted by Gasteiger charge is -2.09. The van der Waals surface area contributed by atoms with Gasteiger partial charge < -0.3 is 11.1 Å². The van der Waals surface area contributed by atoms with Crippen molar-refractivity contribution in [2.24, 2.45) is 5.73 Å². The van der Waals surface area contributed by atoms with Crippen LogP contribution >= 0.6 is 11.3 Å². The van der Waals surface area contributed by atoms with Crippen LogP contribution in [0.4, 0.5) is 23.2 Å². The topological polar surface area (TPSA) is 114 Å². The molecule has 0 radical (unpaired) electrons. The smallest absolute Gasteiger partial charge is 0.365 e. The Morgan fingerprint density at radius 2 is 1.84 bits per heavy atom. The van der Waals surface area contributed by atoms with Crippen LogP contribution in [0.25, 0.3) is 21.5 Å². The van der Waals surface area contributed by atoms with Gasteiger partial charge in [0.2, 0.25) is 0 Å². The highest BCUT2D eigenvalue weighted by atomic mass is 32.1. The maximum Gasteiger partial charge on any atom is 0.433 e. The number of pyridine rings is 1. The summed E-state index contributed by atoms with van der Waals surface area (Å²) in [7, 11) is 0. The maximum atomic E-state index is 13.1. The fourth-order valence-electron chi connectivity index (χ4n) is 3.11. The molecule has 12 heteroatoms. The van der Waals surface area contributed by atoms with E-state index in [1.165, 1.54) is 37.3 Å². The number of aryl methyl sites for hydroxylation is 1. The number of nitrogens with two attached hydrogens (primary N) is 1. The second kappa shape index (κ2) is 7.71. The zero-order valence-electron chi connectivity index (χ0n) is 16.2. The Hall–Kier alpha value is -3.80. The van der Waals surface area contributed by atoms with Gasteiger partial charge in [-0.25, -0.2) is 9.37 Å². The second-order valence-corrected chi connectivity index (χ2v) is 7.80. The van der Waals surface area contributed by atoms with Crippen molar-refractivity contribution in [2.45, 2.75) is 13.1 Å². The Morgan fingerprint density at radius 3 is 2.47 bits per heavy atom. The molecule has 0 saturated carbocycles. The van der Waals surface area contributed by atoms with Crippen LogP contribution in [0.5, 0.6) is 0 Å². The number of hydrogen-bond donors (Lipinski definition) is 3. The largest absolute Gasteiger partial charge is 0.433 e. The molecule has 164 valence electrons. The van der Waals surface area contributed by atoms with Crippen molar-refractivity contribution in [1.82, 2.24) is 15.2 Å². The molecule has 3 aromatic heterocycles. The molecular formula is C20H13F4N5O2S. The van der Waals surface area contributed by atoms with Crippen molar-refractivity contribution in [3.8, 4) is 11.3 Å². The number of hydrogen-bond acceptors (Lipinski definition) is 5. The number of amides is 2. The number of nitrogens with one attached hydrogen (secondary N) is 2. The number of alkyl halides is 3. The van der Waals surface area contributed by atoms with Crippen molar-refractivity contribution in [3.05, 3.63) is 64.0 Å². The van der Waals surface area contributed by atoms with Crippen LogP contribution in [0.2, 0.25) is 0 Å². The van der Waals surface area contributed by atoms with Crippen LogP contribution in [0.1, 0.15) is 31.4 Å². The van der Waals surface area contributed by atoms with E-state index in [0.29, 0.717) is 22.6 Å². The molecule has 7 nitrogen and oxygen atoms in total. The number of fused-ring (bicyclic) bond motifs is 1. The van der Waals surface area contributed by atoms with E-state index >= 15 is 0 Å². The fraction of sp³-hybridized carbons (Fsp3) is 0.100. The summed E-state index contributed by atoms with van der Waals surface area (Å²) >= 11 is 0.655. The van der Waals surface area contributed by atoms with Crippen molar-refractivity contribution in [1.29, 1.82) is 0 Å². The number of H-pyrrole nitrogens is 1. The molecule has 0 aliphatic rings. The van der Waals surface area contributed by atoms with E-state index < -0.39 is 29.5 Å². The number of benzene rings is 1. The summed E-state index contributed by atoms with van der Waals surface area (Å²) in [6, 6.07) is 7.69. The van der Waals surface area contributed by atoms with Crippen LogP contribution < -0.4 is 11.1 Å². The van der Waals surface area contributed by atoms with Gasteiger partial charge in [-0.2, -0.15) is 18.3 Å². The van der Waals surface area contributed by atoms with Crippen LogP contribution in [-0.4, -0.2) is 27.0 Å². The summed E-state index contributed by atoms with van der Waals surface area (Å²) in [4.78, 5) is 28.0. The molecule has 4 N–H and O–H groups in total. The van der Waals surface area contributed by atoms with Crippen LogP contribution in [-0.2, 0) is 6.18 Å². The minimum absolute atomic E-state index is 0.0108. The van der Waals surface area contributed by atoms with Crippen LogP contribution in [0.15, 0.2) is 36.4 Å². The lowest BCUT2D eigenvalue weighted by Crippen LogP contribution is -2.17. The van der Waals surface area contributed by atoms with Crippen molar-refractivity contribution < 1.29 is 27.2 Å². The standard InChI is InChI=1S/C20H13F4N5O2S/c1-8-6-13(20(22,23)24)26-19-14(8)15(16(32-19)17(25)30)27-18(31)12-7-11(28-29-12)9-2-4-10(21)5-3-9/h2-7H,1H3,(H2,25,30)(H,27,31)(H,28,29). The summed E-state index contributed by atoms with van der Waals surface area (Å²) in [6.45, 7) is 1.41. The number of primary amides is 1. The van der Waals surface area contributed by atoms with Crippen molar-refractivity contribution in [2.75, 3.05) is 5.32 Å². The van der Waals surface area contributed by atoms with Crippen LogP contribution in [0, 0.1) is 12.7 Å². The molecule has 4 rings (SSSR count). The van der Waals surface area contributed by atoms with Crippen LogP contribution in [0.3, 0.4) is 0 Å². The van der Waals surface area contributed by atoms with E-state index in [2.05, 4.69) is 20.5 Å². The zero-order chi connectivity index (χ0) is 23.2. The molecule has 1 aromatic carbocycles. The highest BCUT2D eigenvalue weighted by Crippen LogP contribution is 2.39.